The lowest BCUT2D eigenvalue weighted by Gasteiger charge is -2.15. The smallest absolute Gasteiger partial charge is 0.326 e. The van der Waals surface area contributed by atoms with Crippen molar-refractivity contribution in [3.05, 3.63) is 23.8 Å². The quantitative estimate of drug-likeness (QED) is 0.604. The molecular formula is C15H21NO5S. The fraction of sp³-hybridized carbons (Fsp3) is 0.467. The van der Waals surface area contributed by atoms with Gasteiger partial charge in [-0.2, -0.15) is 12.6 Å². The number of rotatable bonds is 9. The summed E-state index contributed by atoms with van der Waals surface area (Å²) in [5.41, 5.74) is 0.291. The van der Waals surface area contributed by atoms with Gasteiger partial charge in [0.25, 0.3) is 5.91 Å². The predicted molar refractivity (Wildman–Crippen MR) is 86.1 cm³/mol. The number of nitrogens with one attached hydrogen (secondary N) is 1. The second-order valence-corrected chi connectivity index (χ2v) is 4.88. The largest absolute Gasteiger partial charge is 0.494 e. The Morgan fingerprint density at radius 3 is 2.14 bits per heavy atom. The van der Waals surface area contributed by atoms with Crippen molar-refractivity contribution in [1.29, 1.82) is 0 Å². The molecule has 1 atom stereocenters. The van der Waals surface area contributed by atoms with Crippen LogP contribution in [0.1, 0.15) is 30.6 Å². The van der Waals surface area contributed by atoms with Crippen LogP contribution >= 0.6 is 12.6 Å². The first kappa shape index (κ1) is 18.2. The first-order valence-electron chi connectivity index (χ1n) is 7.07. The zero-order chi connectivity index (χ0) is 16.5. The van der Waals surface area contributed by atoms with Crippen LogP contribution in [0.25, 0.3) is 0 Å². The van der Waals surface area contributed by atoms with Gasteiger partial charge in [-0.1, -0.05) is 0 Å². The number of thiol groups is 1. The molecule has 1 aromatic rings. The molecule has 1 rings (SSSR count). The van der Waals surface area contributed by atoms with E-state index < -0.39 is 17.9 Å². The van der Waals surface area contributed by atoms with Crippen LogP contribution in [0.4, 0.5) is 0 Å². The van der Waals surface area contributed by atoms with Gasteiger partial charge in [0.2, 0.25) is 0 Å². The summed E-state index contributed by atoms with van der Waals surface area (Å²) >= 11 is 4.00. The molecule has 2 N–H and O–H groups in total. The van der Waals surface area contributed by atoms with Gasteiger partial charge in [0, 0.05) is 11.6 Å². The van der Waals surface area contributed by atoms with Crippen molar-refractivity contribution < 1.29 is 24.2 Å². The van der Waals surface area contributed by atoms with Crippen LogP contribution in [-0.2, 0) is 4.79 Å². The molecule has 122 valence electrons. The minimum atomic E-state index is -1.09. The molecule has 0 aromatic heterocycles. The van der Waals surface area contributed by atoms with E-state index in [1.165, 1.54) is 0 Å². The molecule has 1 aromatic carbocycles. The van der Waals surface area contributed by atoms with Crippen LogP contribution in [0.5, 0.6) is 11.5 Å². The summed E-state index contributed by atoms with van der Waals surface area (Å²) in [6.45, 7) is 4.57. The number of carbonyl (C=O) groups is 2. The summed E-state index contributed by atoms with van der Waals surface area (Å²) in [6, 6.07) is 3.82. The minimum absolute atomic E-state index is 0.244. The van der Waals surface area contributed by atoms with E-state index in [-0.39, 0.29) is 6.42 Å². The Balaban J connectivity index is 2.97. The molecule has 7 heteroatoms. The zero-order valence-electron chi connectivity index (χ0n) is 12.7. The van der Waals surface area contributed by atoms with Gasteiger partial charge in [-0.05, 0) is 38.2 Å². The van der Waals surface area contributed by atoms with E-state index >= 15 is 0 Å². The monoisotopic (exact) mass is 327 g/mol. The number of amides is 1. The molecule has 1 amide bonds. The standard InChI is InChI=1S/C15H21NO5S/c1-3-20-11-7-10(8-12(9-11)21-4-2)14(17)16-13(5-6-22)15(18)19/h7-9,13,22H,3-6H2,1-2H3,(H,16,17)(H,18,19). The van der Waals surface area contributed by atoms with E-state index in [1.807, 2.05) is 13.8 Å². The summed E-state index contributed by atoms with van der Waals surface area (Å²) in [5, 5.41) is 11.6. The number of carboxylic acids is 1. The Hall–Kier alpha value is -1.89. The van der Waals surface area contributed by atoms with Crippen molar-refractivity contribution in [2.45, 2.75) is 26.3 Å². The highest BCUT2D eigenvalue weighted by molar-refractivity contribution is 7.80. The average Bonchev–Trinajstić information content (AvgIpc) is 2.47. The molecule has 0 saturated heterocycles. The second kappa shape index (κ2) is 9.19. The van der Waals surface area contributed by atoms with Gasteiger partial charge in [0.05, 0.1) is 13.2 Å². The van der Waals surface area contributed by atoms with Crippen LogP contribution in [0.3, 0.4) is 0 Å². The molecule has 1 unspecified atom stereocenters. The minimum Gasteiger partial charge on any atom is -0.494 e. The normalized spacial score (nSPS) is 11.6. The average molecular weight is 327 g/mol. The predicted octanol–water partition coefficient (Wildman–Crippen LogP) is 1.99. The molecule has 0 aliphatic carbocycles. The molecule has 0 radical (unpaired) electrons. The van der Waals surface area contributed by atoms with Crippen molar-refractivity contribution in [2.24, 2.45) is 0 Å². The van der Waals surface area contributed by atoms with Crippen molar-refractivity contribution in [3.63, 3.8) is 0 Å². The fourth-order valence-corrected chi connectivity index (χ4v) is 2.09. The Bertz CT molecular complexity index is 496. The fourth-order valence-electron chi connectivity index (χ4n) is 1.83. The third kappa shape index (κ3) is 5.48. The maximum atomic E-state index is 12.2. The molecule has 6 nitrogen and oxygen atoms in total. The summed E-state index contributed by atoms with van der Waals surface area (Å²) in [6.07, 6.45) is 0.244. The van der Waals surface area contributed by atoms with E-state index in [0.717, 1.165) is 0 Å². The van der Waals surface area contributed by atoms with E-state index in [9.17, 15) is 9.59 Å². The van der Waals surface area contributed by atoms with Crippen LogP contribution < -0.4 is 14.8 Å². The Kier molecular flexibility index (Phi) is 7.59. The Morgan fingerprint density at radius 1 is 1.18 bits per heavy atom. The maximum absolute atomic E-state index is 12.2. The lowest BCUT2D eigenvalue weighted by atomic mass is 10.1. The van der Waals surface area contributed by atoms with Crippen LogP contribution in [0, 0.1) is 0 Å². The van der Waals surface area contributed by atoms with Gasteiger partial charge in [-0.25, -0.2) is 4.79 Å². The molecule has 22 heavy (non-hydrogen) atoms. The van der Waals surface area contributed by atoms with E-state index in [1.54, 1.807) is 18.2 Å². The Labute approximate surface area is 135 Å². The highest BCUT2D eigenvalue weighted by atomic mass is 32.1. The van der Waals surface area contributed by atoms with Crippen molar-refractivity contribution in [3.8, 4) is 11.5 Å². The van der Waals surface area contributed by atoms with Crippen LogP contribution in [0.15, 0.2) is 18.2 Å². The van der Waals surface area contributed by atoms with Crippen LogP contribution in [-0.4, -0.2) is 42.0 Å². The van der Waals surface area contributed by atoms with E-state index in [0.29, 0.717) is 36.0 Å². The third-order valence-electron chi connectivity index (χ3n) is 2.79. The van der Waals surface area contributed by atoms with E-state index in [2.05, 4.69) is 17.9 Å². The maximum Gasteiger partial charge on any atom is 0.326 e. The van der Waals surface area contributed by atoms with Crippen molar-refractivity contribution in [1.82, 2.24) is 5.32 Å². The van der Waals surface area contributed by atoms with Gasteiger partial charge in [0.15, 0.2) is 0 Å². The molecular weight excluding hydrogens is 306 g/mol. The zero-order valence-corrected chi connectivity index (χ0v) is 13.6. The number of aliphatic carboxylic acids is 1. The number of benzene rings is 1. The third-order valence-corrected chi connectivity index (χ3v) is 3.04. The highest BCUT2D eigenvalue weighted by Crippen LogP contribution is 2.23. The molecule has 0 fully saturated rings. The number of hydrogen-bond donors (Lipinski definition) is 3. The molecule has 0 saturated carbocycles. The van der Waals surface area contributed by atoms with Gasteiger partial charge in [-0.3, -0.25) is 4.79 Å². The van der Waals surface area contributed by atoms with Crippen LogP contribution in [0.2, 0.25) is 0 Å². The topological polar surface area (TPSA) is 84.9 Å². The number of carboxylic acid groups (broad SMARTS) is 1. The van der Waals surface area contributed by atoms with E-state index in [4.69, 9.17) is 14.6 Å². The SMILES string of the molecule is CCOc1cc(OCC)cc(C(=O)NC(CCS)C(=O)O)c1. The van der Waals surface area contributed by atoms with Crippen molar-refractivity contribution >= 4 is 24.5 Å². The molecule has 0 spiro atoms. The van der Waals surface area contributed by atoms with Gasteiger partial charge >= 0.3 is 5.97 Å². The molecule has 0 heterocycles. The number of hydrogen-bond acceptors (Lipinski definition) is 5. The Morgan fingerprint density at radius 2 is 1.73 bits per heavy atom. The lowest BCUT2D eigenvalue weighted by Crippen LogP contribution is -2.41. The lowest BCUT2D eigenvalue weighted by molar-refractivity contribution is -0.139. The first-order valence-corrected chi connectivity index (χ1v) is 7.70. The molecule has 0 aliphatic heterocycles. The first-order chi connectivity index (χ1) is 10.5. The number of ether oxygens (including phenoxy) is 2. The second-order valence-electron chi connectivity index (χ2n) is 4.44. The summed E-state index contributed by atoms with van der Waals surface area (Å²) in [7, 11) is 0. The summed E-state index contributed by atoms with van der Waals surface area (Å²) < 4.78 is 10.8. The molecule has 0 aliphatic rings. The van der Waals surface area contributed by atoms with Gasteiger partial charge in [-0.15, -0.1) is 0 Å². The highest BCUT2D eigenvalue weighted by Gasteiger charge is 2.20. The van der Waals surface area contributed by atoms with Gasteiger partial charge in [0.1, 0.15) is 17.5 Å². The molecule has 0 bridgehead atoms. The summed E-state index contributed by atoms with van der Waals surface area (Å²) in [5.74, 6) is -0.218. The summed E-state index contributed by atoms with van der Waals surface area (Å²) in [4.78, 5) is 23.3. The number of carbonyl (C=O) groups excluding carboxylic acids is 1. The van der Waals surface area contributed by atoms with Gasteiger partial charge < -0.3 is 19.9 Å². The van der Waals surface area contributed by atoms with Crippen molar-refractivity contribution in [2.75, 3.05) is 19.0 Å².